The Hall–Kier alpha value is -0.580. The van der Waals surface area contributed by atoms with Crippen molar-refractivity contribution in [1.29, 1.82) is 0 Å². The lowest BCUT2D eigenvalue weighted by atomic mass is 9.88. The fourth-order valence-corrected chi connectivity index (χ4v) is 4.09. The number of hydrogen-bond donors (Lipinski definition) is 0. The summed E-state index contributed by atoms with van der Waals surface area (Å²) in [4.78, 5) is 0.342. The molecule has 0 aliphatic carbocycles. The Morgan fingerprint density at radius 1 is 1.30 bits per heavy atom. The highest BCUT2D eigenvalue weighted by Crippen LogP contribution is 2.29. The van der Waals surface area contributed by atoms with Gasteiger partial charge in [0.05, 0.1) is 4.90 Å². The predicted octanol–water partition coefficient (Wildman–Crippen LogP) is 3.79. The maximum absolute atomic E-state index is 12.8. The Morgan fingerprint density at radius 3 is 2.30 bits per heavy atom. The van der Waals surface area contributed by atoms with Crippen LogP contribution in [0.2, 0.25) is 0 Å². The molecule has 114 valence electrons. The third-order valence-electron chi connectivity index (χ3n) is 4.00. The molecular formula is C15H24ClNO2S. The average molecular weight is 318 g/mol. The molecule has 20 heavy (non-hydrogen) atoms. The summed E-state index contributed by atoms with van der Waals surface area (Å²) in [5.74, 6) is 0.313. The van der Waals surface area contributed by atoms with E-state index < -0.39 is 10.0 Å². The van der Waals surface area contributed by atoms with Gasteiger partial charge in [-0.1, -0.05) is 32.9 Å². The lowest BCUT2D eigenvalue weighted by molar-refractivity contribution is 0.216. The Balaban J connectivity index is 3.31. The van der Waals surface area contributed by atoms with E-state index in [1.54, 1.807) is 26.1 Å². The van der Waals surface area contributed by atoms with Crippen LogP contribution >= 0.6 is 11.6 Å². The van der Waals surface area contributed by atoms with E-state index in [0.29, 0.717) is 10.8 Å². The minimum atomic E-state index is -3.51. The third kappa shape index (κ3) is 3.35. The summed E-state index contributed by atoms with van der Waals surface area (Å²) < 4.78 is 27.0. The summed E-state index contributed by atoms with van der Waals surface area (Å²) >= 11 is 5.86. The molecule has 1 aromatic carbocycles. The first-order chi connectivity index (χ1) is 9.03. The van der Waals surface area contributed by atoms with Crippen molar-refractivity contribution in [3.63, 3.8) is 0 Å². The summed E-state index contributed by atoms with van der Waals surface area (Å²) in [6, 6.07) is 5.14. The highest BCUT2D eigenvalue weighted by atomic mass is 35.5. The first-order valence-corrected chi connectivity index (χ1v) is 8.63. The Kier molecular flexibility index (Phi) is 5.28. The summed E-state index contributed by atoms with van der Waals surface area (Å²) in [5.41, 5.74) is 1.46. The summed E-state index contributed by atoms with van der Waals surface area (Å²) in [6.45, 7) is 9.83. The molecule has 0 radical (unpaired) electrons. The maximum Gasteiger partial charge on any atom is 0.243 e. The first-order valence-electron chi connectivity index (χ1n) is 6.66. The molecular weight excluding hydrogens is 294 g/mol. The van der Waals surface area contributed by atoms with Crippen molar-refractivity contribution < 1.29 is 8.42 Å². The van der Waals surface area contributed by atoms with Gasteiger partial charge >= 0.3 is 0 Å². The standard InChI is InChI=1S/C15H24ClNO2S/c1-11-13(10-16)8-7-9-14(11)20(18,19)17(6)12(2)15(3,4)5/h7-9,12H,10H2,1-6H3. The normalized spacial score (nSPS) is 14.6. The van der Waals surface area contributed by atoms with Crippen LogP contribution in [0.25, 0.3) is 0 Å². The van der Waals surface area contributed by atoms with Crippen LogP contribution in [-0.2, 0) is 15.9 Å². The molecule has 0 spiro atoms. The van der Waals surface area contributed by atoms with Gasteiger partial charge in [0, 0.05) is 19.0 Å². The second kappa shape index (κ2) is 6.04. The van der Waals surface area contributed by atoms with E-state index in [2.05, 4.69) is 0 Å². The van der Waals surface area contributed by atoms with Crippen molar-refractivity contribution >= 4 is 21.6 Å². The zero-order valence-corrected chi connectivity index (χ0v) is 14.6. The van der Waals surface area contributed by atoms with E-state index in [0.717, 1.165) is 11.1 Å². The van der Waals surface area contributed by atoms with Crippen LogP contribution in [0.1, 0.15) is 38.8 Å². The number of hydrogen-bond acceptors (Lipinski definition) is 2. The largest absolute Gasteiger partial charge is 0.243 e. The fourth-order valence-electron chi connectivity index (χ4n) is 1.99. The molecule has 0 aliphatic heterocycles. The first kappa shape index (κ1) is 17.5. The molecule has 0 saturated heterocycles. The van der Waals surface area contributed by atoms with Gasteiger partial charge in [-0.15, -0.1) is 11.6 Å². The third-order valence-corrected chi connectivity index (χ3v) is 6.36. The van der Waals surface area contributed by atoms with Gasteiger partial charge in [0.15, 0.2) is 0 Å². The molecule has 5 heteroatoms. The van der Waals surface area contributed by atoms with Crippen LogP contribution in [0.15, 0.2) is 23.1 Å². The lowest BCUT2D eigenvalue weighted by Crippen LogP contribution is -2.43. The zero-order chi connectivity index (χ0) is 15.7. The molecule has 0 heterocycles. The topological polar surface area (TPSA) is 37.4 Å². The molecule has 1 unspecified atom stereocenters. The number of alkyl halides is 1. The summed E-state index contributed by atoms with van der Waals surface area (Å²) in [7, 11) is -1.87. The summed E-state index contributed by atoms with van der Waals surface area (Å²) in [6.07, 6.45) is 0. The number of halogens is 1. The SMILES string of the molecule is Cc1c(CCl)cccc1S(=O)(=O)N(C)C(C)C(C)(C)C. The van der Waals surface area contributed by atoms with Gasteiger partial charge in [0.2, 0.25) is 10.0 Å². The van der Waals surface area contributed by atoms with Crippen LogP contribution < -0.4 is 0 Å². The second-order valence-electron chi connectivity index (χ2n) is 6.24. The highest BCUT2D eigenvalue weighted by Gasteiger charge is 2.33. The van der Waals surface area contributed by atoms with Crippen molar-refractivity contribution in [2.75, 3.05) is 7.05 Å². The van der Waals surface area contributed by atoms with Crippen LogP contribution in [0.4, 0.5) is 0 Å². The van der Waals surface area contributed by atoms with Crippen molar-refractivity contribution in [2.45, 2.75) is 51.4 Å². The molecule has 0 N–H and O–H groups in total. The molecule has 0 bridgehead atoms. The Labute approximate surface area is 128 Å². The quantitative estimate of drug-likeness (QED) is 0.792. The van der Waals surface area contributed by atoms with Crippen LogP contribution in [0.5, 0.6) is 0 Å². The van der Waals surface area contributed by atoms with Gasteiger partial charge in [0.1, 0.15) is 0 Å². The van der Waals surface area contributed by atoms with Crippen molar-refractivity contribution in [3.8, 4) is 0 Å². The van der Waals surface area contributed by atoms with Gasteiger partial charge < -0.3 is 0 Å². The van der Waals surface area contributed by atoms with E-state index in [-0.39, 0.29) is 11.5 Å². The summed E-state index contributed by atoms with van der Waals surface area (Å²) in [5, 5.41) is 0. The lowest BCUT2D eigenvalue weighted by Gasteiger charge is -2.34. The number of benzene rings is 1. The number of nitrogens with zero attached hydrogens (tertiary/aromatic N) is 1. The molecule has 0 aromatic heterocycles. The molecule has 0 aliphatic rings. The van der Waals surface area contributed by atoms with E-state index >= 15 is 0 Å². The van der Waals surface area contributed by atoms with E-state index in [4.69, 9.17) is 11.6 Å². The molecule has 0 fully saturated rings. The smallest absolute Gasteiger partial charge is 0.207 e. The van der Waals surface area contributed by atoms with Crippen LogP contribution in [0, 0.1) is 12.3 Å². The highest BCUT2D eigenvalue weighted by molar-refractivity contribution is 7.89. The van der Waals surface area contributed by atoms with Gasteiger partial charge in [0.25, 0.3) is 0 Å². The van der Waals surface area contributed by atoms with Crippen molar-refractivity contribution in [3.05, 3.63) is 29.3 Å². The number of sulfonamides is 1. The molecule has 1 aromatic rings. The molecule has 1 rings (SSSR count). The van der Waals surface area contributed by atoms with Gasteiger partial charge in [-0.2, -0.15) is 4.31 Å². The minimum Gasteiger partial charge on any atom is -0.207 e. The van der Waals surface area contributed by atoms with E-state index in [1.807, 2.05) is 33.8 Å². The van der Waals surface area contributed by atoms with Crippen molar-refractivity contribution in [2.24, 2.45) is 5.41 Å². The van der Waals surface area contributed by atoms with Gasteiger partial charge in [-0.25, -0.2) is 8.42 Å². The molecule has 0 saturated carbocycles. The van der Waals surface area contributed by atoms with Crippen molar-refractivity contribution in [1.82, 2.24) is 4.31 Å². The maximum atomic E-state index is 12.8. The second-order valence-corrected chi connectivity index (χ2v) is 8.47. The minimum absolute atomic E-state index is 0.105. The Morgan fingerprint density at radius 2 is 1.85 bits per heavy atom. The molecule has 0 amide bonds. The van der Waals surface area contributed by atoms with Gasteiger partial charge in [-0.05, 0) is 36.5 Å². The van der Waals surface area contributed by atoms with E-state index in [1.165, 1.54) is 4.31 Å². The van der Waals surface area contributed by atoms with Crippen LogP contribution in [-0.4, -0.2) is 25.8 Å². The number of rotatable bonds is 4. The zero-order valence-electron chi connectivity index (χ0n) is 13.1. The average Bonchev–Trinajstić information content (AvgIpc) is 2.35. The van der Waals surface area contributed by atoms with Gasteiger partial charge in [-0.3, -0.25) is 0 Å². The Bertz CT molecular complexity index is 576. The van der Waals surface area contributed by atoms with Crippen LogP contribution in [0.3, 0.4) is 0 Å². The fraction of sp³-hybridized carbons (Fsp3) is 0.600. The molecule has 3 nitrogen and oxygen atoms in total. The van der Waals surface area contributed by atoms with E-state index in [9.17, 15) is 8.42 Å². The monoisotopic (exact) mass is 317 g/mol. The predicted molar refractivity (Wildman–Crippen MR) is 84.6 cm³/mol. The molecule has 1 atom stereocenters.